The van der Waals surface area contributed by atoms with Crippen LogP contribution in [0.2, 0.25) is 0 Å². The van der Waals surface area contributed by atoms with Gasteiger partial charge in [-0.3, -0.25) is 0 Å². The third kappa shape index (κ3) is 2.08. The van der Waals surface area contributed by atoms with Crippen molar-refractivity contribution in [1.29, 1.82) is 5.26 Å². The lowest BCUT2D eigenvalue weighted by Crippen LogP contribution is -2.23. The molecule has 0 radical (unpaired) electrons. The fourth-order valence-corrected chi connectivity index (χ4v) is 5.61. The van der Waals surface area contributed by atoms with E-state index in [0.29, 0.717) is 0 Å². The summed E-state index contributed by atoms with van der Waals surface area (Å²) in [7, 11) is 0. The Balaban J connectivity index is 1.75. The van der Waals surface area contributed by atoms with Crippen LogP contribution in [0.1, 0.15) is 40.7 Å². The maximum Gasteiger partial charge on any atom is 0.102 e. The molecule has 0 N–H and O–H groups in total. The lowest BCUT2D eigenvalue weighted by atomic mass is 9.78. The third-order valence-corrected chi connectivity index (χ3v) is 6.80. The van der Waals surface area contributed by atoms with Crippen molar-refractivity contribution in [3.63, 3.8) is 0 Å². The molecule has 1 aliphatic heterocycles. The molecule has 0 bridgehead atoms. The zero-order chi connectivity index (χ0) is 18.7. The fourth-order valence-electron chi connectivity index (χ4n) is 5.61. The van der Waals surface area contributed by atoms with E-state index in [9.17, 15) is 5.26 Å². The van der Waals surface area contributed by atoms with Gasteiger partial charge in [0.1, 0.15) is 6.07 Å². The van der Waals surface area contributed by atoms with E-state index in [2.05, 4.69) is 59.5 Å². The first kappa shape index (κ1) is 16.0. The molecule has 0 aromatic heterocycles. The van der Waals surface area contributed by atoms with Crippen molar-refractivity contribution in [1.82, 2.24) is 0 Å². The molecule has 6 rings (SSSR count). The molecular weight excluding hydrogens is 340 g/mol. The minimum atomic E-state index is 0.880. The lowest BCUT2D eigenvalue weighted by Gasteiger charge is -2.31. The van der Waals surface area contributed by atoms with Crippen LogP contribution in [0.15, 0.2) is 48.5 Å². The van der Waals surface area contributed by atoms with Crippen LogP contribution >= 0.6 is 0 Å². The van der Waals surface area contributed by atoms with Gasteiger partial charge in [0.25, 0.3) is 0 Å². The first-order valence-electron chi connectivity index (χ1n) is 10.4. The third-order valence-electron chi connectivity index (χ3n) is 6.80. The van der Waals surface area contributed by atoms with E-state index in [1.165, 1.54) is 63.0 Å². The number of rotatable bonds is 1. The second kappa shape index (κ2) is 5.97. The summed E-state index contributed by atoms with van der Waals surface area (Å²) in [5.74, 6) is 0. The highest BCUT2D eigenvalue weighted by Crippen LogP contribution is 2.52. The van der Waals surface area contributed by atoms with Gasteiger partial charge in [0, 0.05) is 19.5 Å². The van der Waals surface area contributed by atoms with Crippen LogP contribution in [0.25, 0.3) is 22.3 Å². The van der Waals surface area contributed by atoms with Gasteiger partial charge in [0.05, 0.1) is 11.3 Å². The highest BCUT2D eigenvalue weighted by Gasteiger charge is 2.34. The highest BCUT2D eigenvalue weighted by atomic mass is 15.1. The van der Waals surface area contributed by atoms with E-state index >= 15 is 0 Å². The predicted octanol–water partition coefficient (Wildman–Crippen LogP) is 5.50. The Kier molecular flexibility index (Phi) is 3.40. The van der Waals surface area contributed by atoms with Gasteiger partial charge in [-0.15, -0.1) is 0 Å². The highest BCUT2D eigenvalue weighted by molar-refractivity contribution is 5.99. The number of hydrogen-bond acceptors (Lipinski definition) is 2. The monoisotopic (exact) mass is 362 g/mol. The van der Waals surface area contributed by atoms with Crippen molar-refractivity contribution in [2.45, 2.75) is 32.1 Å². The van der Waals surface area contributed by atoms with Crippen molar-refractivity contribution in [2.24, 2.45) is 0 Å². The van der Waals surface area contributed by atoms with Crippen molar-refractivity contribution < 1.29 is 0 Å². The molecule has 1 saturated heterocycles. The Labute approximate surface area is 166 Å². The molecule has 2 heteroatoms. The summed E-state index contributed by atoms with van der Waals surface area (Å²) in [6.07, 6.45) is 5.43. The van der Waals surface area contributed by atoms with Gasteiger partial charge in [-0.05, 0) is 70.2 Å². The normalized spacial score (nSPS) is 16.2. The molecule has 0 amide bonds. The minimum absolute atomic E-state index is 0.880. The fraction of sp³-hybridized carbons (Fsp3) is 0.269. The van der Waals surface area contributed by atoms with Crippen molar-refractivity contribution in [3.05, 3.63) is 76.3 Å². The molecule has 0 saturated carbocycles. The van der Waals surface area contributed by atoms with E-state index in [1.54, 1.807) is 0 Å². The maximum absolute atomic E-state index is 10.2. The van der Waals surface area contributed by atoms with Crippen LogP contribution in [-0.4, -0.2) is 13.1 Å². The first-order valence-corrected chi connectivity index (χ1v) is 10.4. The van der Waals surface area contributed by atoms with Crippen molar-refractivity contribution in [2.75, 3.05) is 18.0 Å². The molecule has 0 spiro atoms. The van der Waals surface area contributed by atoms with Gasteiger partial charge >= 0.3 is 0 Å². The van der Waals surface area contributed by atoms with E-state index in [0.717, 1.165) is 37.9 Å². The second-order valence-electron chi connectivity index (χ2n) is 8.23. The van der Waals surface area contributed by atoms with E-state index < -0.39 is 0 Å². The summed E-state index contributed by atoms with van der Waals surface area (Å²) in [4.78, 5) is 2.49. The number of hydrogen-bond donors (Lipinski definition) is 0. The van der Waals surface area contributed by atoms with Crippen LogP contribution in [0, 0.1) is 11.3 Å². The molecular formula is C26H22N2. The van der Waals surface area contributed by atoms with Gasteiger partial charge in [-0.25, -0.2) is 0 Å². The second-order valence-corrected chi connectivity index (χ2v) is 8.23. The quantitative estimate of drug-likeness (QED) is 0.447. The van der Waals surface area contributed by atoms with Gasteiger partial charge < -0.3 is 4.90 Å². The van der Waals surface area contributed by atoms with Crippen LogP contribution < -0.4 is 4.90 Å². The number of fused-ring (bicyclic) bond motifs is 7. The average molecular weight is 362 g/mol. The van der Waals surface area contributed by atoms with Gasteiger partial charge in [-0.1, -0.05) is 48.5 Å². The van der Waals surface area contributed by atoms with Crippen molar-refractivity contribution >= 4 is 5.69 Å². The zero-order valence-electron chi connectivity index (χ0n) is 16.0. The van der Waals surface area contributed by atoms with Crippen molar-refractivity contribution in [3.8, 4) is 28.3 Å². The Hall–Kier alpha value is -3.05. The number of aryl methyl sites for hydroxylation is 1. The van der Waals surface area contributed by atoms with Crippen LogP contribution in [-0.2, 0) is 19.3 Å². The Morgan fingerprint density at radius 2 is 1.39 bits per heavy atom. The standard InChI is InChI=1S/C26H22N2/c27-16-23-22-15-18-8-2-4-10-20(18)25(22)24-19-9-3-1-7-17(19)11-12-21(24)26(23)28-13-5-6-14-28/h1-4,7-10H,5-6,11-15H2. The topological polar surface area (TPSA) is 27.0 Å². The summed E-state index contributed by atoms with van der Waals surface area (Å²) in [5, 5.41) is 10.2. The van der Waals surface area contributed by atoms with E-state index in [-0.39, 0.29) is 0 Å². The number of benzene rings is 3. The number of anilines is 1. The predicted molar refractivity (Wildman–Crippen MR) is 114 cm³/mol. The lowest BCUT2D eigenvalue weighted by molar-refractivity contribution is 0.898. The number of nitrogens with zero attached hydrogens (tertiary/aromatic N) is 2. The molecule has 3 aromatic rings. The maximum atomic E-state index is 10.2. The van der Waals surface area contributed by atoms with Crippen LogP contribution in [0.5, 0.6) is 0 Å². The summed E-state index contributed by atoms with van der Waals surface area (Å²) in [6, 6.07) is 20.3. The van der Waals surface area contributed by atoms with E-state index in [4.69, 9.17) is 0 Å². The smallest absolute Gasteiger partial charge is 0.102 e. The van der Waals surface area contributed by atoms with E-state index in [1.807, 2.05) is 0 Å². The average Bonchev–Trinajstić information content (AvgIpc) is 3.40. The SMILES string of the molecule is N#Cc1c2c(c3c(c1N1CCCC1)CCc1ccccc1-3)-c1ccccc1C2. The molecule has 1 fully saturated rings. The largest absolute Gasteiger partial charge is 0.370 e. The van der Waals surface area contributed by atoms with Crippen LogP contribution in [0.4, 0.5) is 5.69 Å². The number of nitriles is 1. The van der Waals surface area contributed by atoms with Crippen LogP contribution in [0.3, 0.4) is 0 Å². The Morgan fingerprint density at radius 3 is 2.14 bits per heavy atom. The molecule has 0 unspecified atom stereocenters. The van der Waals surface area contributed by atoms with Gasteiger partial charge in [0.2, 0.25) is 0 Å². The Bertz CT molecular complexity index is 1160. The summed E-state index contributed by atoms with van der Waals surface area (Å²) in [6.45, 7) is 2.16. The molecule has 0 atom stereocenters. The molecule has 3 aromatic carbocycles. The molecule has 28 heavy (non-hydrogen) atoms. The zero-order valence-corrected chi connectivity index (χ0v) is 16.0. The molecule has 2 aliphatic carbocycles. The summed E-state index contributed by atoms with van der Waals surface area (Å²) < 4.78 is 0. The van der Waals surface area contributed by atoms with Gasteiger partial charge in [-0.2, -0.15) is 5.26 Å². The first-order chi connectivity index (χ1) is 13.9. The molecule has 3 aliphatic rings. The Morgan fingerprint density at radius 1 is 0.750 bits per heavy atom. The summed E-state index contributed by atoms with van der Waals surface area (Å²) >= 11 is 0. The summed E-state index contributed by atoms with van der Waals surface area (Å²) in [5.41, 5.74) is 13.1. The molecule has 2 nitrogen and oxygen atoms in total. The molecule has 136 valence electrons. The molecule has 1 heterocycles. The van der Waals surface area contributed by atoms with Gasteiger partial charge in [0.15, 0.2) is 0 Å². The minimum Gasteiger partial charge on any atom is -0.370 e.